The maximum absolute atomic E-state index is 10.5. The van der Waals surface area contributed by atoms with Gasteiger partial charge in [-0.15, -0.1) is 0 Å². The zero-order chi connectivity index (χ0) is 19.5. The van der Waals surface area contributed by atoms with Gasteiger partial charge in [0.15, 0.2) is 17.3 Å². The van der Waals surface area contributed by atoms with E-state index < -0.39 is 0 Å². The SMILES string of the molecule is COc1cccc(-c2nc(Oc3ccc(C#N)cc3)c3ccccc3n2)c1O. The van der Waals surface area contributed by atoms with Crippen LogP contribution in [0.15, 0.2) is 66.7 Å². The summed E-state index contributed by atoms with van der Waals surface area (Å²) in [5.74, 6) is 1.52. The molecule has 0 aliphatic rings. The van der Waals surface area contributed by atoms with E-state index in [1.54, 1.807) is 42.5 Å². The minimum atomic E-state index is -0.0374. The third-order valence-corrected chi connectivity index (χ3v) is 4.23. The maximum atomic E-state index is 10.5. The second-order valence-corrected chi connectivity index (χ2v) is 5.96. The molecule has 4 aromatic rings. The summed E-state index contributed by atoms with van der Waals surface area (Å²) in [6.07, 6.45) is 0. The van der Waals surface area contributed by atoms with E-state index in [9.17, 15) is 5.11 Å². The third kappa shape index (κ3) is 3.17. The van der Waals surface area contributed by atoms with E-state index in [-0.39, 0.29) is 5.75 Å². The Morgan fingerprint density at radius 1 is 0.929 bits per heavy atom. The molecule has 0 atom stereocenters. The predicted octanol–water partition coefficient (Wildman–Crippen LogP) is 4.67. The van der Waals surface area contributed by atoms with Crippen molar-refractivity contribution in [3.8, 4) is 40.6 Å². The monoisotopic (exact) mass is 369 g/mol. The first-order chi connectivity index (χ1) is 13.7. The van der Waals surface area contributed by atoms with Crippen LogP contribution in [0.25, 0.3) is 22.3 Å². The van der Waals surface area contributed by atoms with Crippen LogP contribution in [-0.2, 0) is 0 Å². The van der Waals surface area contributed by atoms with Crippen molar-refractivity contribution in [2.24, 2.45) is 0 Å². The fourth-order valence-electron chi connectivity index (χ4n) is 2.82. The van der Waals surface area contributed by atoms with E-state index >= 15 is 0 Å². The standard InChI is InChI=1S/C22H15N3O3/c1-27-19-8-4-6-17(20(19)26)21-24-18-7-3-2-5-16(18)22(25-21)28-15-11-9-14(13-23)10-12-15/h2-12,26H,1H3. The van der Waals surface area contributed by atoms with Gasteiger partial charge in [-0.25, -0.2) is 4.98 Å². The summed E-state index contributed by atoms with van der Waals surface area (Å²) in [6.45, 7) is 0. The maximum Gasteiger partial charge on any atom is 0.230 e. The molecule has 0 bridgehead atoms. The number of hydrogen-bond acceptors (Lipinski definition) is 6. The molecule has 6 heteroatoms. The lowest BCUT2D eigenvalue weighted by atomic mass is 10.1. The number of aromatic nitrogens is 2. The van der Waals surface area contributed by atoms with Crippen molar-refractivity contribution >= 4 is 10.9 Å². The van der Waals surface area contributed by atoms with E-state index in [0.717, 1.165) is 5.39 Å². The zero-order valence-corrected chi connectivity index (χ0v) is 15.0. The summed E-state index contributed by atoms with van der Waals surface area (Å²) < 4.78 is 11.2. The van der Waals surface area contributed by atoms with Crippen molar-refractivity contribution in [1.82, 2.24) is 9.97 Å². The highest BCUT2D eigenvalue weighted by Crippen LogP contribution is 2.37. The second kappa shape index (κ2) is 7.25. The molecule has 0 radical (unpaired) electrons. The second-order valence-electron chi connectivity index (χ2n) is 5.96. The number of phenolic OH excluding ortho intramolecular Hbond substituents is 1. The molecule has 0 spiro atoms. The lowest BCUT2D eigenvalue weighted by Gasteiger charge is -2.12. The van der Waals surface area contributed by atoms with Crippen LogP contribution in [0.5, 0.6) is 23.1 Å². The number of benzene rings is 3. The molecule has 1 heterocycles. The highest BCUT2D eigenvalue weighted by Gasteiger charge is 2.16. The van der Waals surface area contributed by atoms with Gasteiger partial charge in [0.2, 0.25) is 5.88 Å². The van der Waals surface area contributed by atoms with Crippen LogP contribution in [-0.4, -0.2) is 22.2 Å². The zero-order valence-electron chi connectivity index (χ0n) is 15.0. The number of aromatic hydroxyl groups is 1. The predicted molar refractivity (Wildman–Crippen MR) is 104 cm³/mol. The van der Waals surface area contributed by atoms with Crippen molar-refractivity contribution < 1.29 is 14.6 Å². The molecule has 3 aromatic carbocycles. The van der Waals surface area contributed by atoms with Crippen LogP contribution in [0.1, 0.15) is 5.56 Å². The molecule has 1 aromatic heterocycles. The van der Waals surface area contributed by atoms with Gasteiger partial charge in [0.1, 0.15) is 5.75 Å². The third-order valence-electron chi connectivity index (χ3n) is 4.23. The van der Waals surface area contributed by atoms with Gasteiger partial charge in [-0.05, 0) is 48.5 Å². The van der Waals surface area contributed by atoms with E-state index in [2.05, 4.69) is 16.0 Å². The molecule has 136 valence electrons. The van der Waals surface area contributed by atoms with Gasteiger partial charge < -0.3 is 14.6 Å². The minimum absolute atomic E-state index is 0.0374. The highest BCUT2D eigenvalue weighted by atomic mass is 16.5. The Balaban J connectivity index is 1.85. The van der Waals surface area contributed by atoms with Gasteiger partial charge in [-0.3, -0.25) is 0 Å². The van der Waals surface area contributed by atoms with Gasteiger partial charge >= 0.3 is 0 Å². The molecular weight excluding hydrogens is 354 g/mol. The number of phenols is 1. The Kier molecular flexibility index (Phi) is 4.48. The lowest BCUT2D eigenvalue weighted by molar-refractivity contribution is 0.374. The van der Waals surface area contributed by atoms with Crippen LogP contribution in [0.3, 0.4) is 0 Å². The number of methoxy groups -OCH3 is 1. The van der Waals surface area contributed by atoms with Crippen LogP contribution in [0, 0.1) is 11.3 Å². The van der Waals surface area contributed by atoms with Crippen molar-refractivity contribution in [1.29, 1.82) is 5.26 Å². The number of hydrogen-bond donors (Lipinski definition) is 1. The average molecular weight is 369 g/mol. The lowest BCUT2D eigenvalue weighted by Crippen LogP contribution is -1.97. The summed E-state index contributed by atoms with van der Waals surface area (Å²) in [4.78, 5) is 9.09. The molecule has 1 N–H and O–H groups in total. The molecule has 4 rings (SSSR count). The number of para-hydroxylation sites is 2. The summed E-state index contributed by atoms with van der Waals surface area (Å²) in [7, 11) is 1.49. The fourth-order valence-corrected chi connectivity index (χ4v) is 2.82. The molecule has 6 nitrogen and oxygen atoms in total. The molecule has 0 amide bonds. The first kappa shape index (κ1) is 17.3. The van der Waals surface area contributed by atoms with Crippen LogP contribution in [0.4, 0.5) is 0 Å². The van der Waals surface area contributed by atoms with Crippen molar-refractivity contribution in [2.45, 2.75) is 0 Å². The fraction of sp³-hybridized carbons (Fsp3) is 0.0455. The van der Waals surface area contributed by atoms with Crippen molar-refractivity contribution in [3.63, 3.8) is 0 Å². The smallest absolute Gasteiger partial charge is 0.230 e. The molecule has 0 saturated heterocycles. The van der Waals surface area contributed by atoms with Crippen LogP contribution in [0.2, 0.25) is 0 Å². The summed E-state index contributed by atoms with van der Waals surface area (Å²) in [5.41, 5.74) is 1.66. The number of nitrogens with zero attached hydrogens (tertiary/aromatic N) is 3. The minimum Gasteiger partial charge on any atom is -0.504 e. The van der Waals surface area contributed by atoms with E-state index in [0.29, 0.717) is 39.8 Å². The highest BCUT2D eigenvalue weighted by molar-refractivity contribution is 5.86. The van der Waals surface area contributed by atoms with E-state index in [1.165, 1.54) is 7.11 Å². The molecule has 0 saturated carbocycles. The molecule has 0 unspecified atom stereocenters. The molecule has 28 heavy (non-hydrogen) atoms. The van der Waals surface area contributed by atoms with E-state index in [1.807, 2.05) is 24.3 Å². The number of fused-ring (bicyclic) bond motifs is 1. The number of ether oxygens (including phenoxy) is 2. The quantitative estimate of drug-likeness (QED) is 0.562. The van der Waals surface area contributed by atoms with Crippen LogP contribution >= 0.6 is 0 Å². The summed E-state index contributed by atoms with van der Waals surface area (Å²) in [6, 6.07) is 21.4. The Morgan fingerprint density at radius 2 is 1.71 bits per heavy atom. The van der Waals surface area contributed by atoms with Gasteiger partial charge in [0.05, 0.1) is 35.2 Å². The Bertz CT molecular complexity index is 1200. The Labute approximate surface area is 161 Å². The summed E-state index contributed by atoms with van der Waals surface area (Å²) in [5, 5.41) is 20.2. The summed E-state index contributed by atoms with van der Waals surface area (Å²) >= 11 is 0. The normalized spacial score (nSPS) is 10.4. The molecule has 0 fully saturated rings. The largest absolute Gasteiger partial charge is 0.504 e. The topological polar surface area (TPSA) is 88.3 Å². The van der Waals surface area contributed by atoms with Gasteiger partial charge in [0, 0.05) is 0 Å². The molecular formula is C22H15N3O3. The first-order valence-electron chi connectivity index (χ1n) is 8.50. The number of rotatable bonds is 4. The molecule has 0 aliphatic carbocycles. The average Bonchev–Trinajstić information content (AvgIpc) is 2.74. The molecule has 0 aliphatic heterocycles. The van der Waals surface area contributed by atoms with Gasteiger partial charge in [-0.1, -0.05) is 18.2 Å². The Morgan fingerprint density at radius 3 is 2.46 bits per heavy atom. The Hall–Kier alpha value is -4.11. The van der Waals surface area contributed by atoms with E-state index in [4.69, 9.17) is 14.7 Å². The van der Waals surface area contributed by atoms with Crippen molar-refractivity contribution in [3.05, 3.63) is 72.3 Å². The van der Waals surface area contributed by atoms with Crippen LogP contribution < -0.4 is 9.47 Å². The van der Waals surface area contributed by atoms with Gasteiger partial charge in [-0.2, -0.15) is 10.2 Å². The van der Waals surface area contributed by atoms with Gasteiger partial charge in [0.25, 0.3) is 0 Å². The number of nitriles is 1. The first-order valence-corrected chi connectivity index (χ1v) is 8.50. The van der Waals surface area contributed by atoms with Crippen molar-refractivity contribution in [2.75, 3.05) is 7.11 Å².